The number of esters is 3. The number of H-pyrrole nitrogens is 1. The van der Waals surface area contributed by atoms with Crippen molar-refractivity contribution in [3.63, 3.8) is 0 Å². The Hall–Kier alpha value is -3.03. The summed E-state index contributed by atoms with van der Waals surface area (Å²) in [5.41, 5.74) is 0.660. The zero-order valence-electron chi connectivity index (χ0n) is 18.4. The zero-order valence-corrected chi connectivity index (χ0v) is 18.4. The van der Waals surface area contributed by atoms with Gasteiger partial charge in [-0.1, -0.05) is 0 Å². The monoisotopic (exact) mass is 420 g/mol. The quantitative estimate of drug-likeness (QED) is 0.512. The number of hydrogen-bond donors (Lipinski definition) is 1. The Labute approximate surface area is 177 Å². The molecule has 0 radical (unpaired) electrons. The first-order chi connectivity index (χ1) is 14.2. The fraction of sp³-hybridized carbons (Fsp3) is 0.500. The van der Waals surface area contributed by atoms with Crippen LogP contribution in [0.5, 0.6) is 0 Å². The van der Waals surface area contributed by atoms with Gasteiger partial charge in [0.05, 0.1) is 24.3 Å². The van der Waals surface area contributed by atoms with E-state index < -0.39 is 5.60 Å². The molecule has 0 fully saturated rings. The summed E-state index contributed by atoms with van der Waals surface area (Å²) < 4.78 is 16.7. The number of aromatic nitrogens is 2. The van der Waals surface area contributed by atoms with Crippen LogP contribution in [0.25, 0.3) is 0 Å². The molecule has 0 bridgehead atoms. The highest BCUT2D eigenvalue weighted by Crippen LogP contribution is 2.10. The van der Waals surface area contributed by atoms with Crippen molar-refractivity contribution in [3.05, 3.63) is 48.0 Å². The minimum Gasteiger partial charge on any atom is -0.462 e. The van der Waals surface area contributed by atoms with E-state index in [1.165, 1.54) is 0 Å². The second kappa shape index (κ2) is 12.5. The molecule has 0 amide bonds. The van der Waals surface area contributed by atoms with Crippen molar-refractivity contribution in [2.75, 3.05) is 13.2 Å². The smallest absolute Gasteiger partial charge is 0.339 e. The molecule has 0 aliphatic carbocycles. The standard InChI is InChI=1S/C15H23NO4.C7H9NO2/c1-5-19-14(18)12-8-10-16(11-12)9-6-7-13(17)20-15(2,3)4;1-2-10-7(9)6-3-4-8-5-6/h8,10-11H,5-7,9H2,1-4H3;3-5,8H,2H2,1H3. The van der Waals surface area contributed by atoms with E-state index in [9.17, 15) is 14.4 Å². The van der Waals surface area contributed by atoms with Gasteiger partial charge in [0.25, 0.3) is 0 Å². The maximum absolute atomic E-state index is 11.5. The van der Waals surface area contributed by atoms with Crippen LogP contribution in [0.3, 0.4) is 0 Å². The van der Waals surface area contributed by atoms with Gasteiger partial charge in [0.2, 0.25) is 0 Å². The lowest BCUT2D eigenvalue weighted by molar-refractivity contribution is -0.154. The highest BCUT2D eigenvalue weighted by Gasteiger charge is 2.15. The Morgan fingerprint density at radius 1 is 1.00 bits per heavy atom. The molecule has 8 nitrogen and oxygen atoms in total. The number of rotatable bonds is 8. The van der Waals surface area contributed by atoms with Gasteiger partial charge in [0, 0.05) is 37.8 Å². The summed E-state index contributed by atoms with van der Waals surface area (Å²) in [7, 11) is 0. The lowest BCUT2D eigenvalue weighted by atomic mass is 10.2. The summed E-state index contributed by atoms with van der Waals surface area (Å²) >= 11 is 0. The molecular weight excluding hydrogens is 388 g/mol. The molecule has 0 aromatic carbocycles. The number of nitrogens with zero attached hydrogens (tertiary/aromatic N) is 1. The SMILES string of the molecule is CCOC(=O)c1cc[nH]c1.CCOC(=O)c1ccn(CCCC(=O)OC(C)(C)C)c1. The highest BCUT2D eigenvalue weighted by atomic mass is 16.6. The number of carbonyl (C=O) groups excluding carboxylic acids is 3. The molecule has 30 heavy (non-hydrogen) atoms. The first-order valence-electron chi connectivity index (χ1n) is 10.0. The van der Waals surface area contributed by atoms with Gasteiger partial charge in [-0.3, -0.25) is 4.79 Å². The van der Waals surface area contributed by atoms with Crippen molar-refractivity contribution in [1.29, 1.82) is 0 Å². The predicted molar refractivity (Wildman–Crippen MR) is 112 cm³/mol. The maximum atomic E-state index is 11.5. The van der Waals surface area contributed by atoms with Gasteiger partial charge < -0.3 is 23.8 Å². The predicted octanol–water partition coefficient (Wildman–Crippen LogP) is 3.98. The molecule has 8 heteroatoms. The van der Waals surface area contributed by atoms with Crippen molar-refractivity contribution in [2.24, 2.45) is 0 Å². The van der Waals surface area contributed by atoms with E-state index in [-0.39, 0.29) is 17.9 Å². The largest absolute Gasteiger partial charge is 0.462 e. The maximum Gasteiger partial charge on any atom is 0.339 e. The van der Waals surface area contributed by atoms with Gasteiger partial charge in [0.1, 0.15) is 5.60 Å². The van der Waals surface area contributed by atoms with E-state index in [1.54, 1.807) is 50.8 Å². The minimum atomic E-state index is -0.443. The van der Waals surface area contributed by atoms with Gasteiger partial charge >= 0.3 is 17.9 Å². The molecule has 166 valence electrons. The fourth-order valence-electron chi connectivity index (χ4n) is 2.38. The van der Waals surface area contributed by atoms with Gasteiger partial charge in [0.15, 0.2) is 0 Å². The van der Waals surface area contributed by atoms with Gasteiger partial charge in [-0.05, 0) is 53.2 Å². The van der Waals surface area contributed by atoms with E-state index >= 15 is 0 Å². The van der Waals surface area contributed by atoms with Crippen molar-refractivity contribution >= 4 is 17.9 Å². The van der Waals surface area contributed by atoms with Crippen LogP contribution in [0, 0.1) is 0 Å². The molecule has 2 heterocycles. The third-order valence-corrected chi connectivity index (χ3v) is 3.59. The lowest BCUT2D eigenvalue weighted by Gasteiger charge is -2.19. The summed E-state index contributed by atoms with van der Waals surface area (Å²) in [5, 5.41) is 0. The third kappa shape index (κ3) is 9.95. The van der Waals surface area contributed by atoms with Gasteiger partial charge in [-0.15, -0.1) is 0 Å². The molecule has 0 aliphatic rings. The number of ether oxygens (including phenoxy) is 3. The van der Waals surface area contributed by atoms with E-state index in [2.05, 4.69) is 4.98 Å². The average molecular weight is 421 g/mol. The third-order valence-electron chi connectivity index (χ3n) is 3.59. The summed E-state index contributed by atoms with van der Waals surface area (Å²) in [6.07, 6.45) is 7.87. The molecule has 0 spiro atoms. The fourth-order valence-corrected chi connectivity index (χ4v) is 2.38. The second-order valence-corrected chi connectivity index (χ2v) is 7.37. The second-order valence-electron chi connectivity index (χ2n) is 7.37. The van der Waals surface area contributed by atoms with Crippen LogP contribution in [0.2, 0.25) is 0 Å². The zero-order chi connectivity index (χ0) is 22.6. The van der Waals surface area contributed by atoms with Crippen molar-refractivity contribution < 1.29 is 28.6 Å². The molecule has 2 rings (SSSR count). The Bertz CT molecular complexity index is 787. The summed E-state index contributed by atoms with van der Waals surface area (Å²) in [6, 6.07) is 3.39. The Morgan fingerprint density at radius 2 is 1.63 bits per heavy atom. The molecule has 0 saturated carbocycles. The molecule has 1 N–H and O–H groups in total. The van der Waals surface area contributed by atoms with Crippen molar-refractivity contribution in [3.8, 4) is 0 Å². The van der Waals surface area contributed by atoms with Crippen LogP contribution < -0.4 is 0 Å². The van der Waals surface area contributed by atoms with Crippen molar-refractivity contribution in [1.82, 2.24) is 9.55 Å². The van der Waals surface area contributed by atoms with E-state index in [0.29, 0.717) is 43.7 Å². The van der Waals surface area contributed by atoms with Crippen LogP contribution in [0.1, 0.15) is 68.2 Å². The summed E-state index contributed by atoms with van der Waals surface area (Å²) in [4.78, 5) is 36.7. The molecule has 0 aliphatic heterocycles. The number of nitrogens with one attached hydrogen (secondary N) is 1. The topological polar surface area (TPSA) is 99.6 Å². The first-order valence-corrected chi connectivity index (χ1v) is 10.0. The summed E-state index contributed by atoms with van der Waals surface area (Å²) in [6.45, 7) is 10.6. The normalized spacial score (nSPS) is 10.6. The van der Waals surface area contributed by atoms with Crippen molar-refractivity contribution in [2.45, 2.75) is 59.6 Å². The number of aryl methyl sites for hydroxylation is 1. The molecule has 0 saturated heterocycles. The average Bonchev–Trinajstić information content (AvgIpc) is 3.33. The Balaban J connectivity index is 0.000000375. The summed E-state index contributed by atoms with van der Waals surface area (Å²) in [5.74, 6) is -0.794. The molecular formula is C22H32N2O6. The van der Waals surface area contributed by atoms with Crippen LogP contribution in [-0.4, -0.2) is 46.3 Å². The Kier molecular flexibility index (Phi) is 10.4. The molecule has 2 aromatic heterocycles. The number of hydrogen-bond acceptors (Lipinski definition) is 6. The van der Waals surface area contributed by atoms with E-state index in [1.807, 2.05) is 25.3 Å². The van der Waals surface area contributed by atoms with E-state index in [4.69, 9.17) is 14.2 Å². The highest BCUT2D eigenvalue weighted by molar-refractivity contribution is 5.89. The van der Waals surface area contributed by atoms with Gasteiger partial charge in [-0.25, -0.2) is 9.59 Å². The van der Waals surface area contributed by atoms with Gasteiger partial charge in [-0.2, -0.15) is 0 Å². The van der Waals surface area contributed by atoms with E-state index in [0.717, 1.165) is 0 Å². The molecule has 0 atom stereocenters. The van der Waals surface area contributed by atoms with Crippen LogP contribution in [-0.2, 0) is 25.5 Å². The minimum absolute atomic E-state index is 0.199. The molecule has 2 aromatic rings. The number of aromatic amines is 1. The van der Waals surface area contributed by atoms with Crippen LogP contribution in [0.15, 0.2) is 36.9 Å². The first kappa shape index (κ1) is 25.0. The van der Waals surface area contributed by atoms with Crippen LogP contribution in [0.4, 0.5) is 0 Å². The number of carbonyl (C=O) groups is 3. The molecule has 0 unspecified atom stereocenters. The van der Waals surface area contributed by atoms with Crippen LogP contribution >= 0.6 is 0 Å². The lowest BCUT2D eigenvalue weighted by Crippen LogP contribution is -2.23. The Morgan fingerprint density at radius 3 is 2.17 bits per heavy atom.